The Morgan fingerprint density at radius 1 is 1.12 bits per heavy atom. The van der Waals surface area contributed by atoms with Crippen LogP contribution >= 0.6 is 0 Å². The van der Waals surface area contributed by atoms with Gasteiger partial charge in [-0.3, -0.25) is 4.90 Å². The number of ether oxygens (including phenoxy) is 3. The van der Waals surface area contributed by atoms with E-state index in [1.807, 2.05) is 25.4 Å². The van der Waals surface area contributed by atoms with E-state index in [2.05, 4.69) is 20.5 Å². The van der Waals surface area contributed by atoms with Crippen LogP contribution in [-0.4, -0.2) is 61.5 Å². The number of nitrogens with zero attached hydrogens (tertiary/aromatic N) is 3. The quantitative estimate of drug-likeness (QED) is 0.812. The summed E-state index contributed by atoms with van der Waals surface area (Å²) in [6.45, 7) is 7.54. The lowest BCUT2D eigenvalue weighted by molar-refractivity contribution is 0.0364. The highest BCUT2D eigenvalue weighted by atomic mass is 16.5. The van der Waals surface area contributed by atoms with Crippen LogP contribution in [0.1, 0.15) is 5.56 Å². The molecule has 1 aromatic carbocycles. The number of aromatic nitrogens is 2. The van der Waals surface area contributed by atoms with Crippen molar-refractivity contribution in [3.8, 4) is 22.9 Å². The zero-order chi connectivity index (χ0) is 16.9. The van der Waals surface area contributed by atoms with Crippen LogP contribution in [0, 0.1) is 6.92 Å². The monoisotopic (exact) mass is 331 g/mol. The number of methoxy groups -OCH3 is 2. The average molecular weight is 331 g/mol. The first-order valence-electron chi connectivity index (χ1n) is 8.27. The summed E-state index contributed by atoms with van der Waals surface area (Å²) >= 11 is 0. The lowest BCUT2D eigenvalue weighted by atomic mass is 10.1. The fourth-order valence-electron chi connectivity index (χ4n) is 3.08. The van der Waals surface area contributed by atoms with E-state index in [9.17, 15) is 0 Å². The first-order chi connectivity index (χ1) is 11.7. The molecule has 1 fully saturated rings. The van der Waals surface area contributed by atoms with Gasteiger partial charge in [0.05, 0.1) is 33.0 Å². The van der Waals surface area contributed by atoms with Gasteiger partial charge in [-0.2, -0.15) is 0 Å². The van der Waals surface area contributed by atoms with Crippen molar-refractivity contribution in [1.29, 1.82) is 0 Å². The van der Waals surface area contributed by atoms with Crippen molar-refractivity contribution in [2.45, 2.75) is 13.5 Å². The molecule has 0 bridgehead atoms. The molecule has 0 atom stereocenters. The zero-order valence-electron chi connectivity index (χ0n) is 14.6. The summed E-state index contributed by atoms with van der Waals surface area (Å²) in [7, 11) is 3.32. The molecule has 2 aromatic rings. The van der Waals surface area contributed by atoms with Gasteiger partial charge in [-0.1, -0.05) is 0 Å². The van der Waals surface area contributed by atoms with Gasteiger partial charge in [-0.25, -0.2) is 4.98 Å². The number of hydrogen-bond donors (Lipinski definition) is 0. The van der Waals surface area contributed by atoms with Crippen LogP contribution in [0.5, 0.6) is 11.5 Å². The minimum absolute atomic E-state index is 0.724. The van der Waals surface area contributed by atoms with E-state index in [0.717, 1.165) is 67.8 Å². The van der Waals surface area contributed by atoms with E-state index in [1.165, 1.54) is 0 Å². The predicted molar refractivity (Wildman–Crippen MR) is 92.8 cm³/mol. The van der Waals surface area contributed by atoms with Gasteiger partial charge in [0.25, 0.3) is 0 Å². The van der Waals surface area contributed by atoms with Crippen molar-refractivity contribution in [3.05, 3.63) is 30.1 Å². The Morgan fingerprint density at radius 2 is 1.92 bits per heavy atom. The molecule has 1 aromatic heterocycles. The van der Waals surface area contributed by atoms with Gasteiger partial charge >= 0.3 is 0 Å². The van der Waals surface area contributed by atoms with Crippen LogP contribution in [0.4, 0.5) is 0 Å². The maximum absolute atomic E-state index is 5.59. The van der Waals surface area contributed by atoms with Crippen molar-refractivity contribution in [3.63, 3.8) is 0 Å². The average Bonchev–Trinajstić information content (AvgIpc) is 3.08. The van der Waals surface area contributed by atoms with E-state index in [4.69, 9.17) is 14.2 Å². The topological polar surface area (TPSA) is 48.8 Å². The second-order valence-corrected chi connectivity index (χ2v) is 5.95. The molecule has 6 nitrogen and oxygen atoms in total. The summed E-state index contributed by atoms with van der Waals surface area (Å²) in [4.78, 5) is 6.98. The number of morpholine rings is 1. The molecule has 0 saturated carbocycles. The molecule has 3 rings (SSSR count). The maximum Gasteiger partial charge on any atom is 0.171 e. The van der Waals surface area contributed by atoms with E-state index in [1.54, 1.807) is 14.2 Å². The molecule has 0 unspecified atom stereocenters. The molecule has 0 spiro atoms. The molecule has 6 heteroatoms. The van der Waals surface area contributed by atoms with Crippen molar-refractivity contribution in [2.75, 3.05) is 47.1 Å². The van der Waals surface area contributed by atoms with Crippen molar-refractivity contribution < 1.29 is 14.2 Å². The molecule has 0 aliphatic carbocycles. The summed E-state index contributed by atoms with van der Waals surface area (Å²) in [6, 6.07) is 4.07. The Kier molecular flexibility index (Phi) is 5.37. The molecule has 0 N–H and O–H groups in total. The fraction of sp³-hybridized carbons (Fsp3) is 0.500. The third kappa shape index (κ3) is 3.55. The molecule has 1 saturated heterocycles. The highest BCUT2D eigenvalue weighted by molar-refractivity contribution is 5.70. The predicted octanol–water partition coefficient (Wildman–Crippen LogP) is 2.21. The minimum atomic E-state index is 0.724. The Balaban J connectivity index is 1.85. The van der Waals surface area contributed by atoms with Gasteiger partial charge in [-0.15, -0.1) is 0 Å². The fourth-order valence-corrected chi connectivity index (χ4v) is 3.08. The SMILES string of the molecule is COc1cc(C)cc(-c2nccn2CCN2CCOCC2)c1OC. The standard InChI is InChI=1S/C18H25N3O3/c1-14-12-15(17(23-3)16(13-14)22-2)18-19-4-5-21(18)7-6-20-8-10-24-11-9-20/h4-5,12-13H,6-11H2,1-3H3. The van der Waals surface area contributed by atoms with Gasteiger partial charge in [0.1, 0.15) is 5.82 Å². The number of aryl methyl sites for hydroxylation is 1. The van der Waals surface area contributed by atoms with Crippen LogP contribution in [0.3, 0.4) is 0 Å². The lowest BCUT2D eigenvalue weighted by Crippen LogP contribution is -2.38. The second kappa shape index (κ2) is 7.68. The number of imidazole rings is 1. The number of benzene rings is 1. The molecule has 1 aliphatic rings. The largest absolute Gasteiger partial charge is 0.493 e. The second-order valence-electron chi connectivity index (χ2n) is 5.95. The molecular formula is C18H25N3O3. The summed E-state index contributed by atoms with van der Waals surface area (Å²) in [5.41, 5.74) is 2.08. The van der Waals surface area contributed by atoms with Crippen molar-refractivity contribution in [1.82, 2.24) is 14.5 Å². The molecule has 0 amide bonds. The Labute approximate surface area is 143 Å². The number of rotatable bonds is 6. The first kappa shape index (κ1) is 16.8. The van der Waals surface area contributed by atoms with Crippen LogP contribution < -0.4 is 9.47 Å². The third-order valence-corrected chi connectivity index (χ3v) is 4.34. The lowest BCUT2D eigenvalue weighted by Gasteiger charge is -2.26. The summed E-state index contributed by atoms with van der Waals surface area (Å²) < 4.78 is 18.6. The van der Waals surface area contributed by atoms with E-state index in [-0.39, 0.29) is 0 Å². The summed E-state index contributed by atoms with van der Waals surface area (Å²) in [6.07, 6.45) is 3.85. The Morgan fingerprint density at radius 3 is 2.62 bits per heavy atom. The van der Waals surface area contributed by atoms with Crippen molar-refractivity contribution in [2.24, 2.45) is 0 Å². The zero-order valence-corrected chi connectivity index (χ0v) is 14.6. The van der Waals surface area contributed by atoms with Crippen LogP contribution in [0.25, 0.3) is 11.4 Å². The highest BCUT2D eigenvalue weighted by Gasteiger charge is 2.18. The summed E-state index contributed by atoms with van der Waals surface area (Å²) in [5.74, 6) is 2.36. The number of hydrogen-bond acceptors (Lipinski definition) is 5. The van der Waals surface area contributed by atoms with Crippen molar-refractivity contribution >= 4 is 0 Å². The molecule has 1 aliphatic heterocycles. The van der Waals surface area contributed by atoms with Gasteiger partial charge in [0, 0.05) is 38.6 Å². The van der Waals surface area contributed by atoms with Gasteiger partial charge in [0.15, 0.2) is 11.5 Å². The van der Waals surface area contributed by atoms with E-state index in [0.29, 0.717) is 0 Å². The Bertz CT molecular complexity index is 678. The maximum atomic E-state index is 5.59. The molecule has 130 valence electrons. The van der Waals surface area contributed by atoms with Gasteiger partial charge in [0.2, 0.25) is 0 Å². The van der Waals surface area contributed by atoms with Crippen LogP contribution in [0.15, 0.2) is 24.5 Å². The normalized spacial score (nSPS) is 15.5. The van der Waals surface area contributed by atoms with Gasteiger partial charge in [-0.05, 0) is 24.6 Å². The highest BCUT2D eigenvalue weighted by Crippen LogP contribution is 2.38. The Hall–Kier alpha value is -2.05. The molecule has 2 heterocycles. The third-order valence-electron chi connectivity index (χ3n) is 4.34. The first-order valence-corrected chi connectivity index (χ1v) is 8.27. The smallest absolute Gasteiger partial charge is 0.171 e. The van der Waals surface area contributed by atoms with Crippen LogP contribution in [-0.2, 0) is 11.3 Å². The molecule has 24 heavy (non-hydrogen) atoms. The molecule has 0 radical (unpaired) electrons. The summed E-state index contributed by atoms with van der Waals surface area (Å²) in [5, 5.41) is 0. The van der Waals surface area contributed by atoms with Gasteiger partial charge < -0.3 is 18.8 Å². The van der Waals surface area contributed by atoms with E-state index < -0.39 is 0 Å². The van der Waals surface area contributed by atoms with E-state index >= 15 is 0 Å². The minimum Gasteiger partial charge on any atom is -0.493 e. The molecular weight excluding hydrogens is 306 g/mol. The van der Waals surface area contributed by atoms with Crippen LogP contribution in [0.2, 0.25) is 0 Å².